The van der Waals surface area contributed by atoms with E-state index in [0.29, 0.717) is 28.1 Å². The number of carbonyl (C=O) groups excluding carboxylic acids is 1. The molecular weight excluding hydrogens is 401 g/mol. The van der Waals surface area contributed by atoms with Gasteiger partial charge in [-0.2, -0.15) is 5.10 Å². The van der Waals surface area contributed by atoms with Crippen LogP contribution in [0, 0.1) is 12.7 Å². The molecule has 0 bridgehead atoms. The highest BCUT2D eigenvalue weighted by Gasteiger charge is 2.15. The van der Waals surface area contributed by atoms with Crippen LogP contribution in [-0.2, 0) is 6.54 Å². The van der Waals surface area contributed by atoms with E-state index in [1.54, 1.807) is 48.3 Å². The summed E-state index contributed by atoms with van der Waals surface area (Å²) < 4.78 is 20.6. The van der Waals surface area contributed by atoms with Crippen LogP contribution in [0.15, 0.2) is 53.1 Å². The molecule has 0 aliphatic carbocycles. The average Bonchev–Trinajstić information content (AvgIpc) is 2.96. The van der Waals surface area contributed by atoms with E-state index in [0.717, 1.165) is 11.1 Å². The number of benzene rings is 2. The molecule has 1 N–H and O–H groups in total. The Bertz CT molecular complexity index is 938. The number of ether oxygens (including phenoxy) is 1. The number of nitrogens with zero attached hydrogens (tertiary/aromatic N) is 2. The molecule has 0 atom stereocenters. The van der Waals surface area contributed by atoms with Gasteiger partial charge in [-0.1, -0.05) is 18.2 Å². The molecule has 0 aliphatic heterocycles. The van der Waals surface area contributed by atoms with E-state index in [9.17, 15) is 9.18 Å². The summed E-state index contributed by atoms with van der Waals surface area (Å²) in [5.74, 6) is 0.518. The Labute approximate surface area is 158 Å². The first-order valence-corrected chi connectivity index (χ1v) is 8.69. The number of aromatic nitrogens is 2. The van der Waals surface area contributed by atoms with Crippen LogP contribution >= 0.6 is 15.9 Å². The third-order valence-corrected chi connectivity index (χ3v) is 4.54. The van der Waals surface area contributed by atoms with Crippen LogP contribution in [0.2, 0.25) is 0 Å². The molecule has 134 valence electrons. The lowest BCUT2D eigenvalue weighted by molar-refractivity contribution is 0.102. The highest BCUT2D eigenvalue weighted by atomic mass is 79.9. The van der Waals surface area contributed by atoms with Gasteiger partial charge in [0.15, 0.2) is 5.82 Å². The molecule has 0 saturated carbocycles. The van der Waals surface area contributed by atoms with Crippen LogP contribution < -0.4 is 10.1 Å². The van der Waals surface area contributed by atoms with Gasteiger partial charge in [0.05, 0.1) is 18.1 Å². The summed E-state index contributed by atoms with van der Waals surface area (Å²) in [7, 11) is 1.57. The van der Waals surface area contributed by atoms with E-state index in [1.165, 1.54) is 12.1 Å². The Hall–Kier alpha value is -2.67. The van der Waals surface area contributed by atoms with E-state index in [2.05, 4.69) is 26.3 Å². The lowest BCUT2D eigenvalue weighted by atomic mass is 10.1. The van der Waals surface area contributed by atoms with Crippen LogP contribution in [-0.4, -0.2) is 22.8 Å². The Kier molecular flexibility index (Phi) is 5.37. The van der Waals surface area contributed by atoms with Gasteiger partial charge in [-0.15, -0.1) is 0 Å². The Morgan fingerprint density at radius 3 is 2.69 bits per heavy atom. The number of carbonyl (C=O) groups is 1. The molecular formula is C19H17BrFN3O2. The highest BCUT2D eigenvalue weighted by molar-refractivity contribution is 9.10. The molecule has 0 fully saturated rings. The third kappa shape index (κ3) is 3.94. The Morgan fingerprint density at radius 2 is 2.00 bits per heavy atom. The molecule has 7 heteroatoms. The first-order valence-electron chi connectivity index (χ1n) is 7.90. The van der Waals surface area contributed by atoms with Crippen LogP contribution in [0.1, 0.15) is 21.5 Å². The van der Waals surface area contributed by atoms with Gasteiger partial charge in [-0.3, -0.25) is 9.48 Å². The van der Waals surface area contributed by atoms with Crippen LogP contribution in [0.4, 0.5) is 10.2 Å². The van der Waals surface area contributed by atoms with Crippen LogP contribution in [0.25, 0.3) is 0 Å². The number of hydrogen-bond acceptors (Lipinski definition) is 3. The van der Waals surface area contributed by atoms with E-state index >= 15 is 0 Å². The van der Waals surface area contributed by atoms with Gasteiger partial charge in [0.25, 0.3) is 5.91 Å². The normalized spacial score (nSPS) is 10.6. The second-order valence-corrected chi connectivity index (χ2v) is 6.59. The topological polar surface area (TPSA) is 56.1 Å². The zero-order valence-electron chi connectivity index (χ0n) is 14.3. The maximum atomic E-state index is 13.0. The van der Waals surface area contributed by atoms with Crippen molar-refractivity contribution in [2.24, 2.45) is 0 Å². The molecule has 0 saturated heterocycles. The number of nitrogens with one attached hydrogen (secondary N) is 1. The Balaban J connectivity index is 1.77. The zero-order chi connectivity index (χ0) is 18.7. The summed E-state index contributed by atoms with van der Waals surface area (Å²) in [6.07, 6.45) is 1.76. The molecule has 2 aromatic carbocycles. The maximum Gasteiger partial charge on any atom is 0.257 e. The van der Waals surface area contributed by atoms with Crippen molar-refractivity contribution in [3.63, 3.8) is 0 Å². The van der Waals surface area contributed by atoms with Gasteiger partial charge in [0.2, 0.25) is 0 Å². The SMILES string of the molecule is COc1cccc(C(=O)Nc2nn(Cc3ccc(F)cc3)cc2Br)c1C. The first kappa shape index (κ1) is 18.1. The van der Waals surface area contributed by atoms with Crippen molar-refractivity contribution in [1.82, 2.24) is 9.78 Å². The highest BCUT2D eigenvalue weighted by Crippen LogP contribution is 2.24. The fraction of sp³-hybridized carbons (Fsp3) is 0.158. The van der Waals surface area contributed by atoms with Gasteiger partial charge < -0.3 is 10.1 Å². The number of methoxy groups -OCH3 is 1. The van der Waals surface area contributed by atoms with Crippen molar-refractivity contribution in [2.75, 3.05) is 12.4 Å². The molecule has 1 amide bonds. The number of amides is 1. The van der Waals surface area contributed by atoms with Crippen molar-refractivity contribution in [3.05, 3.63) is 75.6 Å². The minimum Gasteiger partial charge on any atom is -0.496 e. The monoisotopic (exact) mass is 417 g/mol. The van der Waals surface area contributed by atoms with E-state index in [-0.39, 0.29) is 11.7 Å². The number of halogens is 2. The fourth-order valence-electron chi connectivity index (χ4n) is 2.60. The number of anilines is 1. The molecule has 1 aromatic heterocycles. The second kappa shape index (κ2) is 7.70. The fourth-order valence-corrected chi connectivity index (χ4v) is 3.01. The van der Waals surface area contributed by atoms with Crippen LogP contribution in [0.5, 0.6) is 5.75 Å². The molecule has 0 aliphatic rings. The quantitative estimate of drug-likeness (QED) is 0.668. The summed E-state index contributed by atoms with van der Waals surface area (Å²) in [5.41, 5.74) is 2.18. The van der Waals surface area contributed by atoms with E-state index in [4.69, 9.17) is 4.74 Å². The summed E-state index contributed by atoms with van der Waals surface area (Å²) in [6.45, 7) is 2.29. The average molecular weight is 418 g/mol. The zero-order valence-corrected chi connectivity index (χ0v) is 15.9. The number of rotatable bonds is 5. The van der Waals surface area contributed by atoms with Crippen molar-refractivity contribution < 1.29 is 13.9 Å². The summed E-state index contributed by atoms with van der Waals surface area (Å²) in [4.78, 5) is 12.6. The molecule has 3 aromatic rings. The number of hydrogen-bond donors (Lipinski definition) is 1. The molecule has 0 unspecified atom stereocenters. The molecule has 26 heavy (non-hydrogen) atoms. The Morgan fingerprint density at radius 1 is 1.27 bits per heavy atom. The predicted molar refractivity (Wildman–Crippen MR) is 101 cm³/mol. The van der Waals surface area contributed by atoms with Crippen molar-refractivity contribution >= 4 is 27.7 Å². The van der Waals surface area contributed by atoms with E-state index < -0.39 is 0 Å². The standard InChI is InChI=1S/C19H17BrFN3O2/c1-12-15(4-3-5-17(12)26-2)19(25)22-18-16(20)11-24(23-18)10-13-6-8-14(21)9-7-13/h3-9,11H,10H2,1-2H3,(H,22,23,25). The van der Waals surface area contributed by atoms with Gasteiger partial charge in [0.1, 0.15) is 11.6 Å². The lowest BCUT2D eigenvalue weighted by Gasteiger charge is -2.09. The summed E-state index contributed by atoms with van der Waals surface area (Å²) in [6, 6.07) is 11.5. The van der Waals surface area contributed by atoms with Gasteiger partial charge in [0, 0.05) is 17.3 Å². The third-order valence-electron chi connectivity index (χ3n) is 3.96. The van der Waals surface area contributed by atoms with E-state index in [1.807, 2.05) is 6.92 Å². The predicted octanol–water partition coefficient (Wildman–Crippen LogP) is 4.40. The molecule has 3 rings (SSSR count). The molecule has 1 heterocycles. The van der Waals surface area contributed by atoms with Gasteiger partial charge in [-0.05, 0) is 52.7 Å². The second-order valence-electron chi connectivity index (χ2n) is 5.74. The summed E-state index contributed by atoms with van der Waals surface area (Å²) in [5, 5.41) is 7.18. The summed E-state index contributed by atoms with van der Waals surface area (Å²) >= 11 is 3.41. The van der Waals surface area contributed by atoms with Crippen LogP contribution in [0.3, 0.4) is 0 Å². The molecule has 0 radical (unpaired) electrons. The minimum absolute atomic E-state index is 0.269. The first-order chi connectivity index (χ1) is 12.5. The minimum atomic E-state index is -0.281. The smallest absolute Gasteiger partial charge is 0.257 e. The maximum absolute atomic E-state index is 13.0. The van der Waals surface area contributed by atoms with Gasteiger partial charge in [-0.25, -0.2) is 4.39 Å². The van der Waals surface area contributed by atoms with Crippen molar-refractivity contribution in [1.29, 1.82) is 0 Å². The largest absolute Gasteiger partial charge is 0.496 e. The molecule has 5 nitrogen and oxygen atoms in total. The molecule has 0 spiro atoms. The van der Waals surface area contributed by atoms with Gasteiger partial charge >= 0.3 is 0 Å². The lowest BCUT2D eigenvalue weighted by Crippen LogP contribution is -2.15. The van der Waals surface area contributed by atoms with Crippen molar-refractivity contribution in [2.45, 2.75) is 13.5 Å². The van der Waals surface area contributed by atoms with Crippen molar-refractivity contribution in [3.8, 4) is 5.75 Å².